The summed E-state index contributed by atoms with van der Waals surface area (Å²) in [6, 6.07) is 11.1. The van der Waals surface area contributed by atoms with Crippen molar-refractivity contribution >= 4 is 10.0 Å². The Kier molecular flexibility index (Phi) is 4.44. The molecule has 1 unspecified atom stereocenters. The maximum absolute atomic E-state index is 13.2. The summed E-state index contributed by atoms with van der Waals surface area (Å²) in [6.07, 6.45) is 0. The minimum Gasteiger partial charge on any atom is -0.207 e. The number of benzene rings is 2. The van der Waals surface area contributed by atoms with Gasteiger partial charge in [0.25, 0.3) is 0 Å². The Bertz CT molecular complexity index is 739. The number of aryl methyl sites for hydroxylation is 2. The summed E-state index contributed by atoms with van der Waals surface area (Å²) in [5.74, 6) is -0.416. The van der Waals surface area contributed by atoms with Gasteiger partial charge in [-0.3, -0.25) is 0 Å². The fourth-order valence-corrected chi connectivity index (χ4v) is 3.33. The van der Waals surface area contributed by atoms with Gasteiger partial charge < -0.3 is 0 Å². The molecule has 0 saturated carbocycles. The van der Waals surface area contributed by atoms with Crippen LogP contribution in [-0.2, 0) is 10.0 Å². The molecule has 3 nitrogen and oxygen atoms in total. The van der Waals surface area contributed by atoms with Gasteiger partial charge in [0.05, 0.1) is 4.90 Å². The van der Waals surface area contributed by atoms with Gasteiger partial charge in [-0.1, -0.05) is 29.8 Å². The zero-order valence-corrected chi connectivity index (χ0v) is 13.0. The molecule has 2 aromatic rings. The summed E-state index contributed by atoms with van der Waals surface area (Å²) in [4.78, 5) is 0.0698. The summed E-state index contributed by atoms with van der Waals surface area (Å²) in [5, 5.41) is 0. The predicted octanol–water partition coefficient (Wildman–Crippen LogP) is 3.48. The molecule has 0 aromatic heterocycles. The van der Waals surface area contributed by atoms with Crippen molar-refractivity contribution in [2.75, 3.05) is 0 Å². The summed E-state index contributed by atoms with van der Waals surface area (Å²) in [7, 11) is -3.67. The van der Waals surface area contributed by atoms with E-state index in [-0.39, 0.29) is 10.9 Å². The first kappa shape index (κ1) is 15.7. The van der Waals surface area contributed by atoms with Crippen LogP contribution in [0.5, 0.6) is 0 Å². The first-order valence-electron chi connectivity index (χ1n) is 6.64. The van der Waals surface area contributed by atoms with Gasteiger partial charge in [0, 0.05) is 6.04 Å². The first-order valence-corrected chi connectivity index (χ1v) is 8.13. The lowest BCUT2D eigenvalue weighted by atomic mass is 10.1. The molecule has 5 heteroatoms. The fourth-order valence-electron chi connectivity index (χ4n) is 2.01. The van der Waals surface area contributed by atoms with Crippen LogP contribution in [0.15, 0.2) is 47.4 Å². The zero-order chi connectivity index (χ0) is 15.6. The maximum atomic E-state index is 13.2. The van der Waals surface area contributed by atoms with Gasteiger partial charge in [0.2, 0.25) is 10.0 Å². The Hall–Kier alpha value is -1.72. The van der Waals surface area contributed by atoms with Crippen LogP contribution >= 0.6 is 0 Å². The van der Waals surface area contributed by atoms with Gasteiger partial charge in [-0.25, -0.2) is 17.5 Å². The summed E-state index contributed by atoms with van der Waals surface area (Å²) < 4.78 is 40.5. The van der Waals surface area contributed by atoms with Crippen LogP contribution < -0.4 is 4.72 Å². The molecular formula is C16H18FNO2S. The molecule has 0 saturated heterocycles. The summed E-state index contributed by atoms with van der Waals surface area (Å²) in [5.41, 5.74) is 2.30. The third-order valence-corrected chi connectivity index (χ3v) is 4.89. The molecule has 0 fully saturated rings. The molecule has 0 aliphatic carbocycles. The molecule has 0 aliphatic rings. The highest BCUT2D eigenvalue weighted by Gasteiger charge is 2.19. The molecule has 0 spiro atoms. The van der Waals surface area contributed by atoms with Crippen LogP contribution in [0.4, 0.5) is 4.39 Å². The monoisotopic (exact) mass is 307 g/mol. The van der Waals surface area contributed by atoms with Gasteiger partial charge in [-0.05, 0) is 50.1 Å². The minimum absolute atomic E-state index is 0.0698. The number of rotatable bonds is 4. The van der Waals surface area contributed by atoms with E-state index < -0.39 is 15.8 Å². The van der Waals surface area contributed by atoms with Crippen molar-refractivity contribution in [3.05, 3.63) is 65.0 Å². The number of hydrogen-bond donors (Lipinski definition) is 1. The Morgan fingerprint density at radius 1 is 1.05 bits per heavy atom. The largest absolute Gasteiger partial charge is 0.241 e. The van der Waals surface area contributed by atoms with Gasteiger partial charge in [0.15, 0.2) is 0 Å². The Balaban J connectivity index is 2.24. The van der Waals surface area contributed by atoms with Crippen molar-refractivity contribution in [3.63, 3.8) is 0 Å². The Labute approximate surface area is 124 Å². The maximum Gasteiger partial charge on any atom is 0.241 e. The third kappa shape index (κ3) is 3.68. The summed E-state index contributed by atoms with van der Waals surface area (Å²) in [6.45, 7) is 5.29. The number of hydrogen-bond acceptors (Lipinski definition) is 2. The van der Waals surface area contributed by atoms with Gasteiger partial charge >= 0.3 is 0 Å². The molecular weight excluding hydrogens is 289 g/mol. The van der Waals surface area contributed by atoms with E-state index in [9.17, 15) is 12.8 Å². The van der Waals surface area contributed by atoms with Gasteiger partial charge in [-0.15, -0.1) is 0 Å². The highest BCUT2D eigenvalue weighted by molar-refractivity contribution is 7.89. The number of nitrogens with one attached hydrogen (secondary N) is 1. The van der Waals surface area contributed by atoms with Crippen LogP contribution in [0.1, 0.15) is 29.7 Å². The summed E-state index contributed by atoms with van der Waals surface area (Å²) >= 11 is 0. The molecule has 0 heterocycles. The third-order valence-electron chi connectivity index (χ3n) is 3.35. The van der Waals surface area contributed by atoms with Crippen LogP contribution in [0, 0.1) is 19.7 Å². The molecule has 1 N–H and O–H groups in total. The first-order chi connectivity index (χ1) is 9.79. The lowest BCUT2D eigenvalue weighted by Gasteiger charge is -2.15. The van der Waals surface area contributed by atoms with Crippen molar-refractivity contribution in [2.24, 2.45) is 0 Å². The number of sulfonamides is 1. The van der Waals surface area contributed by atoms with Crippen LogP contribution in [-0.4, -0.2) is 8.42 Å². The second-order valence-electron chi connectivity index (χ2n) is 5.16. The van der Waals surface area contributed by atoms with E-state index in [2.05, 4.69) is 4.72 Å². The van der Waals surface area contributed by atoms with Crippen LogP contribution in [0.2, 0.25) is 0 Å². The molecule has 2 rings (SSSR count). The zero-order valence-electron chi connectivity index (χ0n) is 12.2. The van der Waals surface area contributed by atoms with E-state index in [1.807, 2.05) is 31.2 Å². The van der Waals surface area contributed by atoms with Gasteiger partial charge in [0.1, 0.15) is 5.82 Å². The molecule has 2 aromatic carbocycles. The van der Waals surface area contributed by atoms with Gasteiger partial charge in [-0.2, -0.15) is 0 Å². The molecule has 0 amide bonds. The van der Waals surface area contributed by atoms with E-state index in [4.69, 9.17) is 0 Å². The van der Waals surface area contributed by atoms with Crippen molar-refractivity contribution in [2.45, 2.75) is 31.7 Å². The smallest absolute Gasteiger partial charge is 0.207 e. The topological polar surface area (TPSA) is 46.2 Å². The van der Waals surface area contributed by atoms with Crippen LogP contribution in [0.3, 0.4) is 0 Å². The molecule has 1 atom stereocenters. The average molecular weight is 307 g/mol. The average Bonchev–Trinajstić information content (AvgIpc) is 2.42. The molecule has 0 radical (unpaired) electrons. The van der Waals surface area contributed by atoms with Crippen molar-refractivity contribution in [1.29, 1.82) is 0 Å². The second-order valence-corrected chi connectivity index (χ2v) is 6.88. The minimum atomic E-state index is -3.67. The highest BCUT2D eigenvalue weighted by atomic mass is 32.2. The Morgan fingerprint density at radius 2 is 1.67 bits per heavy atom. The second kappa shape index (κ2) is 5.95. The van der Waals surface area contributed by atoms with Crippen molar-refractivity contribution in [1.82, 2.24) is 4.72 Å². The highest BCUT2D eigenvalue weighted by Crippen LogP contribution is 2.19. The van der Waals surface area contributed by atoms with E-state index in [1.54, 1.807) is 6.92 Å². The quantitative estimate of drug-likeness (QED) is 0.940. The van der Waals surface area contributed by atoms with Crippen LogP contribution in [0.25, 0.3) is 0 Å². The lowest BCUT2D eigenvalue weighted by Crippen LogP contribution is -2.27. The SMILES string of the molecule is Cc1ccc(C(C)NS(=O)(=O)c2ccc(F)c(C)c2)cc1. The number of halogens is 1. The predicted molar refractivity (Wildman–Crippen MR) is 81.1 cm³/mol. The van der Waals surface area contributed by atoms with Crippen molar-refractivity contribution < 1.29 is 12.8 Å². The Morgan fingerprint density at radius 3 is 2.24 bits per heavy atom. The molecule has 0 aliphatic heterocycles. The lowest BCUT2D eigenvalue weighted by molar-refractivity contribution is 0.566. The standard InChI is InChI=1S/C16H18FNO2S/c1-11-4-6-14(7-5-11)13(3)18-21(19,20)15-8-9-16(17)12(2)10-15/h4-10,13,18H,1-3H3. The molecule has 112 valence electrons. The van der Waals surface area contributed by atoms with E-state index in [0.717, 1.165) is 11.1 Å². The van der Waals surface area contributed by atoms with E-state index in [0.29, 0.717) is 5.56 Å². The normalized spacial score (nSPS) is 13.1. The molecule has 21 heavy (non-hydrogen) atoms. The van der Waals surface area contributed by atoms with E-state index in [1.165, 1.54) is 25.1 Å². The van der Waals surface area contributed by atoms with E-state index >= 15 is 0 Å². The molecule has 0 bridgehead atoms. The van der Waals surface area contributed by atoms with Crippen molar-refractivity contribution in [3.8, 4) is 0 Å². The fraction of sp³-hybridized carbons (Fsp3) is 0.250.